The van der Waals surface area contributed by atoms with Gasteiger partial charge in [-0.15, -0.1) is 0 Å². The average Bonchev–Trinajstić information content (AvgIpc) is 2.60. The lowest BCUT2D eigenvalue weighted by Crippen LogP contribution is -2.16. The zero-order valence-corrected chi connectivity index (χ0v) is 12.7. The second-order valence-corrected chi connectivity index (χ2v) is 5.82. The van der Waals surface area contributed by atoms with E-state index in [1.54, 1.807) is 12.4 Å². The van der Waals surface area contributed by atoms with Crippen LogP contribution in [-0.2, 0) is 13.0 Å². The van der Waals surface area contributed by atoms with Gasteiger partial charge in [0.15, 0.2) is 5.78 Å². The fourth-order valence-electron chi connectivity index (χ4n) is 3.16. The van der Waals surface area contributed by atoms with Gasteiger partial charge in [0.2, 0.25) is 0 Å². The Morgan fingerprint density at radius 2 is 1.96 bits per heavy atom. The van der Waals surface area contributed by atoms with Gasteiger partial charge in [-0.2, -0.15) is 0 Å². The summed E-state index contributed by atoms with van der Waals surface area (Å²) < 4.78 is 0. The summed E-state index contributed by atoms with van der Waals surface area (Å²) in [5.41, 5.74) is 4.60. The summed E-state index contributed by atoms with van der Waals surface area (Å²) in [5, 5.41) is 4.44. The van der Waals surface area contributed by atoms with E-state index in [0.717, 1.165) is 40.7 Å². The monoisotopic (exact) mass is 303 g/mol. The van der Waals surface area contributed by atoms with Crippen LogP contribution in [0.1, 0.15) is 34.5 Å². The van der Waals surface area contributed by atoms with Gasteiger partial charge in [-0.1, -0.05) is 30.3 Å². The number of anilines is 1. The fourth-order valence-corrected chi connectivity index (χ4v) is 3.16. The van der Waals surface area contributed by atoms with Crippen molar-refractivity contribution in [3.63, 3.8) is 0 Å². The smallest absolute Gasteiger partial charge is 0.166 e. The lowest BCUT2D eigenvalue weighted by molar-refractivity contribution is 0.0972. The number of benzene rings is 1. The number of Topliss-reactive ketones (excluding diaryl/α,β-unsaturated/α-hetero) is 1. The van der Waals surface area contributed by atoms with Crippen molar-refractivity contribution in [2.45, 2.75) is 25.8 Å². The molecule has 0 bridgehead atoms. The molecule has 0 aliphatic heterocycles. The highest BCUT2D eigenvalue weighted by molar-refractivity contribution is 6.09. The molecule has 1 N–H and O–H groups in total. The summed E-state index contributed by atoms with van der Waals surface area (Å²) in [6, 6.07) is 12.1. The Morgan fingerprint density at radius 1 is 1.09 bits per heavy atom. The number of carbonyl (C=O) groups excluding carboxylic acids is 1. The van der Waals surface area contributed by atoms with Crippen molar-refractivity contribution in [3.05, 3.63) is 65.6 Å². The first-order valence-electron chi connectivity index (χ1n) is 7.90. The summed E-state index contributed by atoms with van der Waals surface area (Å²) in [6.45, 7) is 0.683. The molecule has 0 fully saturated rings. The fraction of sp³-hybridized carbons (Fsp3) is 0.211. The number of aryl methyl sites for hydroxylation is 1. The summed E-state index contributed by atoms with van der Waals surface area (Å²) in [4.78, 5) is 21.3. The average molecular weight is 303 g/mol. The number of pyridine rings is 2. The van der Waals surface area contributed by atoms with Crippen LogP contribution in [0.5, 0.6) is 0 Å². The predicted octanol–water partition coefficient (Wildman–Crippen LogP) is 3.76. The van der Waals surface area contributed by atoms with E-state index in [1.807, 2.05) is 24.3 Å². The Bertz CT molecular complexity index is 874. The second kappa shape index (κ2) is 5.80. The molecule has 0 saturated carbocycles. The maximum Gasteiger partial charge on any atom is 0.166 e. The van der Waals surface area contributed by atoms with Gasteiger partial charge < -0.3 is 5.32 Å². The zero-order valence-electron chi connectivity index (χ0n) is 12.7. The molecule has 4 rings (SSSR count). The molecule has 0 atom stereocenters. The van der Waals surface area contributed by atoms with Crippen LogP contribution in [0.15, 0.2) is 48.8 Å². The first-order chi connectivity index (χ1) is 11.3. The molecule has 4 heteroatoms. The lowest BCUT2D eigenvalue weighted by atomic mass is 9.91. The van der Waals surface area contributed by atoms with Gasteiger partial charge in [-0.05, 0) is 24.5 Å². The molecular formula is C19H17N3O. The van der Waals surface area contributed by atoms with Gasteiger partial charge in [-0.3, -0.25) is 14.8 Å². The molecule has 23 heavy (non-hydrogen) atoms. The van der Waals surface area contributed by atoms with Crippen LogP contribution in [0.2, 0.25) is 0 Å². The Kier molecular flexibility index (Phi) is 3.50. The molecular weight excluding hydrogens is 286 g/mol. The largest absolute Gasteiger partial charge is 0.380 e. The summed E-state index contributed by atoms with van der Waals surface area (Å²) in [5.74, 6) is 0.188. The highest BCUT2D eigenvalue weighted by Crippen LogP contribution is 2.33. The predicted molar refractivity (Wildman–Crippen MR) is 90.6 cm³/mol. The molecule has 0 spiro atoms. The third-order valence-corrected chi connectivity index (χ3v) is 4.27. The molecule has 1 aromatic carbocycles. The van der Waals surface area contributed by atoms with Gasteiger partial charge >= 0.3 is 0 Å². The standard InChI is InChI=1S/C19H17N3O/c23-17-8-4-7-15-18(17)19(14-9-10-20-12-16(14)22-15)21-11-13-5-2-1-3-6-13/h1-3,5-6,9-10,12H,4,7-8,11H2,(H,21,22). The van der Waals surface area contributed by atoms with Crippen LogP contribution in [-0.4, -0.2) is 15.8 Å². The number of rotatable bonds is 3. The van der Waals surface area contributed by atoms with Crippen LogP contribution in [0.3, 0.4) is 0 Å². The molecule has 1 aliphatic rings. The maximum absolute atomic E-state index is 12.5. The van der Waals surface area contributed by atoms with Crippen molar-refractivity contribution >= 4 is 22.4 Å². The SMILES string of the molecule is O=C1CCCc2nc3cnccc3c(NCc3ccccc3)c21. The number of nitrogens with one attached hydrogen (secondary N) is 1. The first kappa shape index (κ1) is 13.9. The van der Waals surface area contributed by atoms with Crippen LogP contribution in [0, 0.1) is 0 Å². The topological polar surface area (TPSA) is 54.9 Å². The van der Waals surface area contributed by atoms with Gasteiger partial charge in [0.1, 0.15) is 0 Å². The zero-order chi connectivity index (χ0) is 15.6. The number of aromatic nitrogens is 2. The minimum Gasteiger partial charge on any atom is -0.380 e. The lowest BCUT2D eigenvalue weighted by Gasteiger charge is -2.20. The maximum atomic E-state index is 12.5. The summed E-state index contributed by atoms with van der Waals surface area (Å²) >= 11 is 0. The molecule has 1 aliphatic carbocycles. The van der Waals surface area contributed by atoms with E-state index in [9.17, 15) is 4.79 Å². The Morgan fingerprint density at radius 3 is 2.83 bits per heavy atom. The number of nitrogens with zero attached hydrogens (tertiary/aromatic N) is 2. The molecule has 4 nitrogen and oxygen atoms in total. The molecule has 114 valence electrons. The number of hydrogen-bond donors (Lipinski definition) is 1. The van der Waals surface area contributed by atoms with Crippen molar-refractivity contribution in [2.75, 3.05) is 5.32 Å². The van der Waals surface area contributed by atoms with Crippen molar-refractivity contribution in [2.24, 2.45) is 0 Å². The van der Waals surface area contributed by atoms with Gasteiger partial charge in [0.05, 0.1) is 28.7 Å². The minimum absolute atomic E-state index is 0.188. The number of carbonyl (C=O) groups is 1. The van der Waals surface area contributed by atoms with Crippen molar-refractivity contribution < 1.29 is 4.79 Å². The molecule has 0 amide bonds. The summed E-state index contributed by atoms with van der Waals surface area (Å²) in [6.07, 6.45) is 5.85. The Balaban J connectivity index is 1.82. The molecule has 3 aromatic rings. The summed E-state index contributed by atoms with van der Waals surface area (Å²) in [7, 11) is 0. The van der Waals surface area contributed by atoms with Crippen molar-refractivity contribution in [1.29, 1.82) is 0 Å². The Labute approximate surface area is 134 Å². The van der Waals surface area contributed by atoms with E-state index in [0.29, 0.717) is 13.0 Å². The number of ketones is 1. The molecule has 0 radical (unpaired) electrons. The minimum atomic E-state index is 0.188. The first-order valence-corrected chi connectivity index (χ1v) is 7.90. The third-order valence-electron chi connectivity index (χ3n) is 4.27. The third kappa shape index (κ3) is 2.57. The van der Waals surface area contributed by atoms with Crippen LogP contribution in [0.4, 0.5) is 5.69 Å². The molecule has 2 aromatic heterocycles. The van der Waals surface area contributed by atoms with E-state index in [2.05, 4.69) is 27.4 Å². The van der Waals surface area contributed by atoms with Crippen LogP contribution in [0.25, 0.3) is 10.9 Å². The molecule has 2 heterocycles. The highest BCUT2D eigenvalue weighted by Gasteiger charge is 2.24. The van der Waals surface area contributed by atoms with Crippen LogP contribution >= 0.6 is 0 Å². The van der Waals surface area contributed by atoms with Gasteiger partial charge in [-0.25, -0.2) is 0 Å². The normalized spacial score (nSPS) is 13.8. The van der Waals surface area contributed by atoms with Crippen molar-refractivity contribution in [3.8, 4) is 0 Å². The van der Waals surface area contributed by atoms with E-state index >= 15 is 0 Å². The van der Waals surface area contributed by atoms with E-state index in [4.69, 9.17) is 0 Å². The number of fused-ring (bicyclic) bond motifs is 2. The quantitative estimate of drug-likeness (QED) is 0.800. The Hall–Kier alpha value is -2.75. The molecule has 0 saturated heterocycles. The number of hydrogen-bond acceptors (Lipinski definition) is 4. The van der Waals surface area contributed by atoms with E-state index in [1.165, 1.54) is 5.56 Å². The highest BCUT2D eigenvalue weighted by atomic mass is 16.1. The van der Waals surface area contributed by atoms with E-state index in [-0.39, 0.29) is 5.78 Å². The van der Waals surface area contributed by atoms with Crippen LogP contribution < -0.4 is 5.32 Å². The van der Waals surface area contributed by atoms with Gasteiger partial charge in [0, 0.05) is 24.5 Å². The van der Waals surface area contributed by atoms with Crippen molar-refractivity contribution in [1.82, 2.24) is 9.97 Å². The molecule has 0 unspecified atom stereocenters. The van der Waals surface area contributed by atoms with E-state index < -0.39 is 0 Å². The van der Waals surface area contributed by atoms with Gasteiger partial charge in [0.25, 0.3) is 0 Å². The second-order valence-electron chi connectivity index (χ2n) is 5.82.